The summed E-state index contributed by atoms with van der Waals surface area (Å²) in [6, 6.07) is 20.3. The minimum Gasteiger partial charge on any atom is -0.326 e. The van der Waals surface area contributed by atoms with E-state index in [4.69, 9.17) is 0 Å². The summed E-state index contributed by atoms with van der Waals surface area (Å²) in [5, 5.41) is 3.86. The SMILES string of the molecule is C=CSNc1ccc2c3c(cccc13)C(=O)N2CCc1ccccc1. The molecule has 0 saturated carbocycles. The maximum atomic E-state index is 12.9. The molecule has 0 radical (unpaired) electrons. The molecule has 0 aliphatic carbocycles. The van der Waals surface area contributed by atoms with Gasteiger partial charge in [-0.05, 0) is 47.5 Å². The van der Waals surface area contributed by atoms with Crippen LogP contribution in [0.25, 0.3) is 10.8 Å². The average molecular weight is 346 g/mol. The van der Waals surface area contributed by atoms with Crippen molar-refractivity contribution in [3.8, 4) is 0 Å². The molecule has 1 heterocycles. The number of hydrogen-bond donors (Lipinski definition) is 1. The summed E-state index contributed by atoms with van der Waals surface area (Å²) in [6.45, 7) is 4.40. The monoisotopic (exact) mass is 346 g/mol. The number of amides is 1. The number of rotatable bonds is 6. The van der Waals surface area contributed by atoms with Crippen molar-refractivity contribution in [3.63, 3.8) is 0 Å². The molecule has 0 spiro atoms. The van der Waals surface area contributed by atoms with E-state index in [0.717, 1.165) is 34.1 Å². The zero-order chi connectivity index (χ0) is 17.2. The minimum absolute atomic E-state index is 0.0880. The molecule has 4 rings (SSSR count). The van der Waals surface area contributed by atoms with Crippen LogP contribution in [0.15, 0.2) is 72.7 Å². The van der Waals surface area contributed by atoms with Crippen LogP contribution in [0.1, 0.15) is 15.9 Å². The van der Waals surface area contributed by atoms with Gasteiger partial charge >= 0.3 is 0 Å². The lowest BCUT2D eigenvalue weighted by Gasteiger charge is -2.18. The van der Waals surface area contributed by atoms with Crippen molar-refractivity contribution in [2.75, 3.05) is 16.2 Å². The third-order valence-corrected chi connectivity index (χ3v) is 5.01. The Balaban J connectivity index is 1.70. The molecule has 124 valence electrons. The maximum absolute atomic E-state index is 12.9. The Morgan fingerprint density at radius 1 is 1.04 bits per heavy atom. The van der Waals surface area contributed by atoms with Crippen molar-refractivity contribution in [1.82, 2.24) is 0 Å². The first kappa shape index (κ1) is 15.8. The molecule has 4 heteroatoms. The van der Waals surface area contributed by atoms with Crippen molar-refractivity contribution in [2.45, 2.75) is 6.42 Å². The molecule has 1 aliphatic rings. The van der Waals surface area contributed by atoms with Crippen LogP contribution in [0.2, 0.25) is 0 Å². The Bertz CT molecular complexity index is 953. The van der Waals surface area contributed by atoms with E-state index in [9.17, 15) is 4.79 Å². The lowest BCUT2D eigenvalue weighted by molar-refractivity contribution is 0.0993. The number of hydrogen-bond acceptors (Lipinski definition) is 3. The van der Waals surface area contributed by atoms with E-state index in [0.29, 0.717) is 6.54 Å². The Kier molecular flexibility index (Phi) is 4.20. The minimum atomic E-state index is 0.0880. The van der Waals surface area contributed by atoms with Gasteiger partial charge in [-0.1, -0.05) is 49.0 Å². The Hall–Kier alpha value is -2.72. The molecule has 1 amide bonds. The molecular formula is C21H18N2OS. The second-order valence-electron chi connectivity index (χ2n) is 5.94. The fraction of sp³-hybridized carbons (Fsp3) is 0.0952. The molecule has 25 heavy (non-hydrogen) atoms. The van der Waals surface area contributed by atoms with E-state index in [1.54, 1.807) is 5.41 Å². The second-order valence-corrected chi connectivity index (χ2v) is 6.71. The molecule has 0 atom stereocenters. The van der Waals surface area contributed by atoms with Gasteiger partial charge in [-0.25, -0.2) is 0 Å². The van der Waals surface area contributed by atoms with E-state index in [1.165, 1.54) is 17.5 Å². The van der Waals surface area contributed by atoms with Gasteiger partial charge in [0.15, 0.2) is 0 Å². The summed E-state index contributed by atoms with van der Waals surface area (Å²) in [5.41, 5.74) is 4.03. The fourth-order valence-electron chi connectivity index (χ4n) is 3.35. The van der Waals surface area contributed by atoms with Crippen LogP contribution in [0.5, 0.6) is 0 Å². The molecule has 1 aliphatic heterocycles. The van der Waals surface area contributed by atoms with Crippen molar-refractivity contribution >= 4 is 40.0 Å². The number of carbonyl (C=O) groups is 1. The van der Waals surface area contributed by atoms with Gasteiger partial charge in [0.2, 0.25) is 0 Å². The van der Waals surface area contributed by atoms with Gasteiger partial charge in [0.05, 0.1) is 11.4 Å². The van der Waals surface area contributed by atoms with Crippen molar-refractivity contribution < 1.29 is 4.79 Å². The molecule has 0 saturated heterocycles. The zero-order valence-electron chi connectivity index (χ0n) is 13.7. The first-order valence-electron chi connectivity index (χ1n) is 8.23. The van der Waals surface area contributed by atoms with Crippen molar-refractivity contribution in [2.24, 2.45) is 0 Å². The molecule has 1 N–H and O–H groups in total. The van der Waals surface area contributed by atoms with Crippen LogP contribution in [0.4, 0.5) is 11.4 Å². The maximum Gasteiger partial charge on any atom is 0.259 e. The highest BCUT2D eigenvalue weighted by atomic mass is 32.2. The van der Waals surface area contributed by atoms with Gasteiger partial charge in [-0.2, -0.15) is 0 Å². The van der Waals surface area contributed by atoms with Gasteiger partial charge in [0.1, 0.15) is 0 Å². The van der Waals surface area contributed by atoms with Crippen LogP contribution in [-0.4, -0.2) is 12.5 Å². The zero-order valence-corrected chi connectivity index (χ0v) is 14.6. The first-order valence-corrected chi connectivity index (χ1v) is 9.11. The van der Waals surface area contributed by atoms with Crippen molar-refractivity contribution in [1.29, 1.82) is 0 Å². The summed E-state index contributed by atoms with van der Waals surface area (Å²) >= 11 is 1.43. The Labute approximate surface area is 151 Å². The highest BCUT2D eigenvalue weighted by Crippen LogP contribution is 2.41. The number of nitrogens with zero attached hydrogens (tertiary/aromatic N) is 1. The molecule has 0 unspecified atom stereocenters. The summed E-state index contributed by atoms with van der Waals surface area (Å²) in [5.74, 6) is 0.0880. The number of benzene rings is 3. The summed E-state index contributed by atoms with van der Waals surface area (Å²) in [7, 11) is 0. The van der Waals surface area contributed by atoms with Crippen LogP contribution >= 0.6 is 11.9 Å². The van der Waals surface area contributed by atoms with E-state index in [2.05, 4.69) is 29.5 Å². The van der Waals surface area contributed by atoms with Gasteiger partial charge in [-0.15, -0.1) is 0 Å². The van der Waals surface area contributed by atoms with Gasteiger partial charge in [0.25, 0.3) is 5.91 Å². The van der Waals surface area contributed by atoms with Gasteiger partial charge in [0, 0.05) is 22.9 Å². The Morgan fingerprint density at radius 2 is 1.88 bits per heavy atom. The standard InChI is InChI=1S/C21H18N2OS/c1-2-25-22-18-11-12-19-20-16(18)9-6-10-17(20)21(24)23(19)14-13-15-7-4-3-5-8-15/h2-12,22H,1,13-14H2. The van der Waals surface area contributed by atoms with Crippen LogP contribution in [-0.2, 0) is 6.42 Å². The predicted octanol–water partition coefficient (Wildman–Crippen LogP) is 5.25. The fourth-order valence-corrected chi connectivity index (χ4v) is 3.74. The van der Waals surface area contributed by atoms with E-state index < -0.39 is 0 Å². The number of nitrogens with one attached hydrogen (secondary N) is 1. The van der Waals surface area contributed by atoms with Crippen LogP contribution < -0.4 is 9.62 Å². The molecular weight excluding hydrogens is 328 g/mol. The first-order chi connectivity index (χ1) is 12.3. The molecule has 0 bridgehead atoms. The van der Waals surface area contributed by atoms with Gasteiger partial charge in [-0.3, -0.25) is 4.79 Å². The largest absolute Gasteiger partial charge is 0.326 e. The lowest BCUT2D eigenvalue weighted by atomic mass is 10.0. The van der Waals surface area contributed by atoms with E-state index in [1.807, 2.05) is 47.4 Å². The third kappa shape index (κ3) is 2.79. The average Bonchev–Trinajstić information content (AvgIpc) is 2.94. The predicted molar refractivity (Wildman–Crippen MR) is 107 cm³/mol. The highest BCUT2D eigenvalue weighted by Gasteiger charge is 2.30. The molecule has 0 fully saturated rings. The normalized spacial score (nSPS) is 12.6. The summed E-state index contributed by atoms with van der Waals surface area (Å²) in [6.07, 6.45) is 0.842. The second kappa shape index (κ2) is 6.65. The van der Waals surface area contributed by atoms with E-state index in [-0.39, 0.29) is 5.91 Å². The smallest absolute Gasteiger partial charge is 0.259 e. The molecule has 3 nitrogen and oxygen atoms in total. The quantitative estimate of drug-likeness (QED) is 0.619. The van der Waals surface area contributed by atoms with Crippen LogP contribution in [0.3, 0.4) is 0 Å². The number of carbonyl (C=O) groups excluding carboxylic acids is 1. The summed E-state index contributed by atoms with van der Waals surface area (Å²) in [4.78, 5) is 14.8. The molecule has 3 aromatic carbocycles. The van der Waals surface area contributed by atoms with Crippen molar-refractivity contribution in [3.05, 3.63) is 83.8 Å². The highest BCUT2D eigenvalue weighted by molar-refractivity contribution is 8.03. The molecule has 0 aromatic heterocycles. The molecule has 3 aromatic rings. The summed E-state index contributed by atoms with van der Waals surface area (Å²) < 4.78 is 3.28. The number of anilines is 2. The lowest BCUT2D eigenvalue weighted by Crippen LogP contribution is -2.28. The third-order valence-electron chi connectivity index (χ3n) is 4.50. The van der Waals surface area contributed by atoms with Crippen LogP contribution in [0, 0.1) is 0 Å². The Morgan fingerprint density at radius 3 is 2.68 bits per heavy atom. The van der Waals surface area contributed by atoms with E-state index >= 15 is 0 Å². The topological polar surface area (TPSA) is 32.3 Å². The van der Waals surface area contributed by atoms with Gasteiger partial charge < -0.3 is 9.62 Å².